The summed E-state index contributed by atoms with van der Waals surface area (Å²) in [6.45, 7) is 1.41. The molecule has 172 valence electrons. The molecule has 0 aliphatic rings. The van der Waals surface area contributed by atoms with E-state index < -0.39 is 5.97 Å². The van der Waals surface area contributed by atoms with Crippen LogP contribution in [0.25, 0.3) is 0 Å². The summed E-state index contributed by atoms with van der Waals surface area (Å²) in [5.41, 5.74) is 1.97. The Bertz CT molecular complexity index is 1300. The van der Waals surface area contributed by atoms with Crippen LogP contribution in [0.15, 0.2) is 77.5 Å². The summed E-state index contributed by atoms with van der Waals surface area (Å²) in [4.78, 5) is 45.8. The molecule has 0 saturated carbocycles. The third kappa shape index (κ3) is 5.05. The zero-order valence-electron chi connectivity index (χ0n) is 18.5. The highest BCUT2D eigenvalue weighted by atomic mass is 32.1. The molecular formula is C25H21N3O4S2. The van der Waals surface area contributed by atoms with Gasteiger partial charge in [0.15, 0.2) is 5.13 Å². The fourth-order valence-corrected chi connectivity index (χ4v) is 4.87. The molecule has 9 heteroatoms. The molecule has 2 amide bonds. The van der Waals surface area contributed by atoms with Gasteiger partial charge in [0.1, 0.15) is 6.61 Å². The van der Waals surface area contributed by atoms with Crippen LogP contribution in [-0.4, -0.2) is 29.8 Å². The highest BCUT2D eigenvalue weighted by Crippen LogP contribution is 2.29. The molecule has 2 aromatic heterocycles. The molecule has 0 aliphatic heterocycles. The Labute approximate surface area is 204 Å². The van der Waals surface area contributed by atoms with Gasteiger partial charge in [-0.1, -0.05) is 36.4 Å². The summed E-state index contributed by atoms with van der Waals surface area (Å²) in [5, 5.41) is 4.07. The minimum atomic E-state index is -0.567. The summed E-state index contributed by atoms with van der Waals surface area (Å²) in [5.74, 6) is -0.941. The van der Waals surface area contributed by atoms with Crippen LogP contribution in [0.4, 0.5) is 16.5 Å². The second-order valence-electron chi connectivity index (χ2n) is 7.25. The maximum absolute atomic E-state index is 12.9. The molecule has 0 radical (unpaired) electrons. The van der Waals surface area contributed by atoms with Gasteiger partial charge < -0.3 is 9.64 Å². The van der Waals surface area contributed by atoms with Gasteiger partial charge >= 0.3 is 5.97 Å². The average Bonchev–Trinajstić information content (AvgIpc) is 3.55. The number of hydrogen-bond donors (Lipinski definition) is 0. The summed E-state index contributed by atoms with van der Waals surface area (Å²) in [7, 11) is 1.63. The Hall–Kier alpha value is -3.82. The van der Waals surface area contributed by atoms with E-state index in [1.807, 2.05) is 35.7 Å². The van der Waals surface area contributed by atoms with Gasteiger partial charge in [0.2, 0.25) is 5.91 Å². The van der Waals surface area contributed by atoms with Gasteiger partial charge in [-0.3, -0.25) is 14.5 Å². The van der Waals surface area contributed by atoms with E-state index in [0.29, 0.717) is 27.1 Å². The second kappa shape index (κ2) is 10.4. The van der Waals surface area contributed by atoms with Crippen LogP contribution in [0.2, 0.25) is 0 Å². The maximum Gasteiger partial charge on any atom is 0.340 e. The zero-order chi connectivity index (χ0) is 24.1. The lowest BCUT2D eigenvalue weighted by molar-refractivity contribution is -0.115. The molecule has 4 aromatic rings. The van der Waals surface area contributed by atoms with E-state index in [4.69, 9.17) is 4.74 Å². The number of carbonyl (C=O) groups is 3. The average molecular weight is 492 g/mol. The van der Waals surface area contributed by atoms with Gasteiger partial charge in [-0.05, 0) is 35.7 Å². The van der Waals surface area contributed by atoms with Crippen molar-refractivity contribution >= 4 is 57.0 Å². The number of carbonyl (C=O) groups excluding carboxylic acids is 3. The van der Waals surface area contributed by atoms with Crippen molar-refractivity contribution in [3.05, 3.63) is 93.6 Å². The minimum absolute atomic E-state index is 0.0627. The minimum Gasteiger partial charge on any atom is -0.455 e. The number of para-hydroxylation sites is 2. The molecule has 4 rings (SSSR count). The Balaban J connectivity index is 1.48. The van der Waals surface area contributed by atoms with Crippen LogP contribution >= 0.6 is 22.7 Å². The Morgan fingerprint density at radius 2 is 1.68 bits per heavy atom. The number of benzene rings is 2. The van der Waals surface area contributed by atoms with E-state index in [1.165, 1.54) is 39.4 Å². The number of aromatic nitrogens is 1. The molecule has 2 aromatic carbocycles. The van der Waals surface area contributed by atoms with Crippen molar-refractivity contribution in [2.45, 2.75) is 13.5 Å². The van der Waals surface area contributed by atoms with E-state index in [9.17, 15) is 14.4 Å². The summed E-state index contributed by atoms with van der Waals surface area (Å²) in [6, 6.07) is 19.6. The molecule has 0 bridgehead atoms. The number of nitrogens with zero attached hydrogens (tertiary/aromatic N) is 3. The van der Waals surface area contributed by atoms with E-state index in [-0.39, 0.29) is 24.0 Å². The molecule has 0 spiro atoms. The number of rotatable bonds is 7. The number of anilines is 3. The highest BCUT2D eigenvalue weighted by molar-refractivity contribution is 7.14. The maximum atomic E-state index is 12.9. The predicted octanol–water partition coefficient (Wildman–Crippen LogP) is 5.52. The first-order valence-corrected chi connectivity index (χ1v) is 12.1. The van der Waals surface area contributed by atoms with Crippen LogP contribution in [0.3, 0.4) is 0 Å². The third-order valence-corrected chi connectivity index (χ3v) is 6.67. The van der Waals surface area contributed by atoms with Crippen molar-refractivity contribution in [3.8, 4) is 0 Å². The van der Waals surface area contributed by atoms with Crippen LogP contribution < -0.4 is 9.80 Å². The summed E-state index contributed by atoms with van der Waals surface area (Å²) < 4.78 is 5.50. The zero-order valence-corrected chi connectivity index (χ0v) is 20.1. The molecule has 7 nitrogen and oxygen atoms in total. The van der Waals surface area contributed by atoms with Crippen molar-refractivity contribution in [1.82, 2.24) is 4.98 Å². The number of esters is 1. The number of thiazole rings is 1. The van der Waals surface area contributed by atoms with Gasteiger partial charge in [0, 0.05) is 19.4 Å². The van der Waals surface area contributed by atoms with Crippen molar-refractivity contribution in [2.75, 3.05) is 16.8 Å². The Morgan fingerprint density at radius 1 is 0.941 bits per heavy atom. The number of amides is 2. The first-order chi connectivity index (χ1) is 16.5. The lowest BCUT2D eigenvalue weighted by Crippen LogP contribution is -2.27. The fraction of sp³-hybridized carbons (Fsp3) is 0.120. The largest absolute Gasteiger partial charge is 0.455 e. The van der Waals surface area contributed by atoms with Crippen molar-refractivity contribution in [2.24, 2.45) is 0 Å². The smallest absolute Gasteiger partial charge is 0.340 e. The molecule has 2 heterocycles. The standard InChI is InChI=1S/C25H21N3O4S2/c1-17(29)28(19-9-4-3-5-10-19)25-26-18(16-34-25)15-32-24(31)20-11-6-7-12-21(20)27(2)23(30)22-13-8-14-33-22/h3-14,16H,15H2,1-2H3. The normalized spacial score (nSPS) is 10.5. The fourth-order valence-electron chi connectivity index (χ4n) is 3.30. The van der Waals surface area contributed by atoms with E-state index in [2.05, 4.69) is 4.98 Å². The van der Waals surface area contributed by atoms with Crippen LogP contribution in [0, 0.1) is 0 Å². The second-order valence-corrected chi connectivity index (χ2v) is 9.03. The summed E-state index contributed by atoms with van der Waals surface area (Å²) >= 11 is 2.63. The molecule has 0 saturated heterocycles. The van der Waals surface area contributed by atoms with Crippen molar-refractivity contribution in [3.63, 3.8) is 0 Å². The monoisotopic (exact) mass is 491 g/mol. The van der Waals surface area contributed by atoms with Crippen LogP contribution in [0.5, 0.6) is 0 Å². The summed E-state index contributed by atoms with van der Waals surface area (Å²) in [6.07, 6.45) is 0. The Kier molecular flexibility index (Phi) is 7.15. The van der Waals surface area contributed by atoms with Gasteiger partial charge in [-0.25, -0.2) is 9.78 Å². The highest BCUT2D eigenvalue weighted by Gasteiger charge is 2.22. The molecule has 0 N–H and O–H groups in total. The quantitative estimate of drug-likeness (QED) is 0.318. The van der Waals surface area contributed by atoms with Crippen molar-refractivity contribution < 1.29 is 19.1 Å². The van der Waals surface area contributed by atoms with Crippen molar-refractivity contribution in [1.29, 1.82) is 0 Å². The van der Waals surface area contributed by atoms with Gasteiger partial charge in [-0.2, -0.15) is 0 Å². The van der Waals surface area contributed by atoms with E-state index in [1.54, 1.807) is 48.8 Å². The first kappa shape index (κ1) is 23.3. The first-order valence-electron chi connectivity index (χ1n) is 10.3. The van der Waals surface area contributed by atoms with E-state index in [0.717, 1.165) is 0 Å². The number of ether oxygens (including phenoxy) is 1. The number of thiophene rings is 1. The number of hydrogen-bond acceptors (Lipinski definition) is 7. The third-order valence-electron chi connectivity index (χ3n) is 4.93. The predicted molar refractivity (Wildman–Crippen MR) is 134 cm³/mol. The van der Waals surface area contributed by atoms with Crippen LogP contribution in [-0.2, 0) is 16.1 Å². The van der Waals surface area contributed by atoms with Crippen LogP contribution in [0.1, 0.15) is 32.6 Å². The van der Waals surface area contributed by atoms with Gasteiger partial charge in [-0.15, -0.1) is 22.7 Å². The van der Waals surface area contributed by atoms with Gasteiger partial charge in [0.25, 0.3) is 5.91 Å². The van der Waals surface area contributed by atoms with Gasteiger partial charge in [0.05, 0.1) is 27.5 Å². The Morgan fingerprint density at radius 3 is 2.38 bits per heavy atom. The molecular weight excluding hydrogens is 470 g/mol. The van der Waals surface area contributed by atoms with E-state index >= 15 is 0 Å². The SMILES string of the molecule is CC(=O)N(c1ccccc1)c1nc(COC(=O)c2ccccc2N(C)C(=O)c2cccs2)cs1. The molecule has 0 fully saturated rings. The lowest BCUT2D eigenvalue weighted by atomic mass is 10.1. The molecule has 0 aliphatic carbocycles. The topological polar surface area (TPSA) is 79.8 Å². The molecule has 0 unspecified atom stereocenters. The molecule has 0 atom stereocenters. The lowest BCUT2D eigenvalue weighted by Gasteiger charge is -2.19. The molecule has 34 heavy (non-hydrogen) atoms.